The lowest BCUT2D eigenvalue weighted by Gasteiger charge is -2.13. The average Bonchev–Trinajstić information content (AvgIpc) is 3.09. The molecule has 2 rings (SSSR count). The first-order chi connectivity index (χ1) is 13.1. The fourth-order valence-corrected chi connectivity index (χ4v) is 2.73. The maximum Gasteiger partial charge on any atom is 0.191 e. The molecule has 0 fully saturated rings. The van der Waals surface area contributed by atoms with Crippen molar-refractivity contribution in [3.8, 4) is 0 Å². The van der Waals surface area contributed by atoms with E-state index >= 15 is 0 Å². The van der Waals surface area contributed by atoms with Crippen LogP contribution in [-0.4, -0.2) is 24.3 Å². The minimum atomic E-state index is 0.243. The van der Waals surface area contributed by atoms with Crippen molar-refractivity contribution in [2.24, 2.45) is 4.99 Å². The summed E-state index contributed by atoms with van der Waals surface area (Å²) in [6, 6.07) is 8.44. The van der Waals surface area contributed by atoms with Crippen LogP contribution < -0.4 is 10.6 Å². The summed E-state index contributed by atoms with van der Waals surface area (Å²) in [6.45, 7) is 10.3. The van der Waals surface area contributed by atoms with E-state index in [2.05, 4.69) is 58.9 Å². The van der Waals surface area contributed by atoms with E-state index in [-0.39, 0.29) is 6.10 Å². The van der Waals surface area contributed by atoms with Gasteiger partial charge in [0.25, 0.3) is 0 Å². The van der Waals surface area contributed by atoms with Crippen LogP contribution in [0.3, 0.4) is 0 Å². The second kappa shape index (κ2) is 10.7. The summed E-state index contributed by atoms with van der Waals surface area (Å²) in [4.78, 5) is 4.30. The van der Waals surface area contributed by atoms with Gasteiger partial charge in [0.05, 0.1) is 18.4 Å². The van der Waals surface area contributed by atoms with Crippen molar-refractivity contribution >= 4 is 5.96 Å². The zero-order chi connectivity index (χ0) is 19.6. The number of hydrogen-bond donors (Lipinski definition) is 2. The third-order valence-corrected chi connectivity index (χ3v) is 4.33. The van der Waals surface area contributed by atoms with Crippen molar-refractivity contribution in [2.75, 3.05) is 7.05 Å². The third-order valence-electron chi connectivity index (χ3n) is 4.33. The Morgan fingerprint density at radius 2 is 1.74 bits per heavy atom. The monoisotopic (exact) mass is 372 g/mol. The molecule has 1 aromatic heterocycles. The molecule has 0 saturated heterocycles. The number of aryl methyl sites for hydroxylation is 2. The summed E-state index contributed by atoms with van der Waals surface area (Å²) in [6.07, 6.45) is 1.94. The molecule has 0 amide bonds. The number of hydrogen-bond acceptors (Lipinski definition) is 4. The van der Waals surface area contributed by atoms with Crippen molar-refractivity contribution in [1.82, 2.24) is 15.8 Å². The smallest absolute Gasteiger partial charge is 0.191 e. The van der Waals surface area contributed by atoms with Crippen molar-refractivity contribution in [3.05, 3.63) is 52.4 Å². The van der Waals surface area contributed by atoms with Gasteiger partial charge in [0.2, 0.25) is 0 Å². The molecule has 148 valence electrons. The fourth-order valence-electron chi connectivity index (χ4n) is 2.73. The number of nitrogens with one attached hydrogen (secondary N) is 2. The molecule has 1 heterocycles. The molecule has 6 heteroatoms. The molecule has 0 bridgehead atoms. The minimum Gasteiger partial charge on any atom is -0.374 e. The number of benzene rings is 1. The summed E-state index contributed by atoms with van der Waals surface area (Å²) >= 11 is 0. The van der Waals surface area contributed by atoms with Crippen LogP contribution in [0.15, 0.2) is 33.8 Å². The fraction of sp³-hybridized carbons (Fsp3) is 0.524. The van der Waals surface area contributed by atoms with Gasteiger partial charge in [-0.1, -0.05) is 43.3 Å². The Morgan fingerprint density at radius 3 is 2.33 bits per heavy atom. The second-order valence-electron chi connectivity index (χ2n) is 6.69. The van der Waals surface area contributed by atoms with E-state index < -0.39 is 0 Å². The molecule has 6 nitrogen and oxygen atoms in total. The third kappa shape index (κ3) is 6.40. The quantitative estimate of drug-likeness (QED) is 0.520. The van der Waals surface area contributed by atoms with Gasteiger partial charge in [-0.2, -0.15) is 0 Å². The van der Waals surface area contributed by atoms with Crippen LogP contribution >= 0.6 is 0 Å². The molecule has 0 atom stereocenters. The van der Waals surface area contributed by atoms with Crippen molar-refractivity contribution in [2.45, 2.75) is 66.3 Å². The van der Waals surface area contributed by atoms with Gasteiger partial charge in [0.15, 0.2) is 5.96 Å². The Balaban J connectivity index is 1.86. The van der Waals surface area contributed by atoms with E-state index in [4.69, 9.17) is 9.26 Å². The highest BCUT2D eigenvalue weighted by molar-refractivity contribution is 5.79. The summed E-state index contributed by atoms with van der Waals surface area (Å²) in [5, 5.41) is 10.9. The van der Waals surface area contributed by atoms with Gasteiger partial charge < -0.3 is 19.9 Å². The molecule has 0 radical (unpaired) electrons. The van der Waals surface area contributed by atoms with Gasteiger partial charge in [-0.15, -0.1) is 0 Å². The van der Waals surface area contributed by atoms with Crippen LogP contribution in [0.5, 0.6) is 0 Å². The normalized spacial score (nSPS) is 11.9. The first-order valence-corrected chi connectivity index (χ1v) is 9.67. The number of rotatable bonds is 9. The highest BCUT2D eigenvalue weighted by atomic mass is 16.5. The molecule has 0 saturated carbocycles. The maximum absolute atomic E-state index is 5.63. The van der Waals surface area contributed by atoms with Gasteiger partial charge in [-0.3, -0.25) is 4.99 Å². The standard InChI is InChI=1S/C21H32N4O2/c1-6-19-18(20(7-2)27-25-19)13-24-21(22-5)23-12-16-8-10-17(11-9-16)14-26-15(3)4/h8-11,15H,6-7,12-14H2,1-5H3,(H2,22,23,24). The van der Waals surface area contributed by atoms with Gasteiger partial charge in [-0.05, 0) is 31.4 Å². The Hall–Kier alpha value is -2.34. The Kier molecular flexibility index (Phi) is 8.33. The maximum atomic E-state index is 5.63. The van der Waals surface area contributed by atoms with Crippen molar-refractivity contribution < 1.29 is 9.26 Å². The topological polar surface area (TPSA) is 71.7 Å². The average molecular weight is 373 g/mol. The van der Waals surface area contributed by atoms with Gasteiger partial charge in [0, 0.05) is 32.1 Å². The minimum absolute atomic E-state index is 0.243. The zero-order valence-electron chi connectivity index (χ0n) is 17.1. The van der Waals surface area contributed by atoms with E-state index in [0.29, 0.717) is 19.7 Å². The van der Waals surface area contributed by atoms with E-state index in [1.807, 2.05) is 13.8 Å². The lowest BCUT2D eigenvalue weighted by molar-refractivity contribution is 0.0657. The molecule has 0 unspecified atom stereocenters. The predicted octanol–water partition coefficient (Wildman–Crippen LogP) is 3.59. The first kappa shape index (κ1) is 21.0. The van der Waals surface area contributed by atoms with E-state index in [0.717, 1.165) is 35.8 Å². The van der Waals surface area contributed by atoms with Gasteiger partial charge in [-0.25, -0.2) is 0 Å². The molecular weight excluding hydrogens is 340 g/mol. The van der Waals surface area contributed by atoms with Crippen molar-refractivity contribution in [1.29, 1.82) is 0 Å². The molecule has 2 aromatic rings. The van der Waals surface area contributed by atoms with Crippen LogP contribution in [0.4, 0.5) is 0 Å². The highest BCUT2D eigenvalue weighted by Gasteiger charge is 2.13. The molecule has 0 aliphatic carbocycles. The Labute approximate surface area is 162 Å². The zero-order valence-corrected chi connectivity index (χ0v) is 17.1. The van der Waals surface area contributed by atoms with Crippen LogP contribution in [0.25, 0.3) is 0 Å². The van der Waals surface area contributed by atoms with Crippen LogP contribution in [0.2, 0.25) is 0 Å². The Morgan fingerprint density at radius 1 is 1.07 bits per heavy atom. The summed E-state index contributed by atoms with van der Waals surface area (Å²) in [7, 11) is 1.77. The number of nitrogens with zero attached hydrogens (tertiary/aromatic N) is 2. The summed E-state index contributed by atoms with van der Waals surface area (Å²) < 4.78 is 11.0. The van der Waals surface area contributed by atoms with E-state index in [1.165, 1.54) is 11.1 Å². The molecule has 2 N–H and O–H groups in total. The van der Waals surface area contributed by atoms with E-state index in [9.17, 15) is 0 Å². The molecule has 0 aliphatic heterocycles. The van der Waals surface area contributed by atoms with Crippen molar-refractivity contribution in [3.63, 3.8) is 0 Å². The molecule has 1 aromatic carbocycles. The lowest BCUT2D eigenvalue weighted by Crippen LogP contribution is -2.36. The highest BCUT2D eigenvalue weighted by Crippen LogP contribution is 2.15. The number of ether oxygens (including phenoxy) is 1. The van der Waals surface area contributed by atoms with Crippen LogP contribution in [0.1, 0.15) is 55.8 Å². The number of aromatic nitrogens is 1. The SMILES string of the molecule is CCc1noc(CC)c1CNC(=NC)NCc1ccc(COC(C)C)cc1. The van der Waals surface area contributed by atoms with Crippen LogP contribution in [0, 0.1) is 0 Å². The van der Waals surface area contributed by atoms with Crippen LogP contribution in [-0.2, 0) is 37.3 Å². The summed E-state index contributed by atoms with van der Waals surface area (Å²) in [5.41, 5.74) is 4.52. The number of guanidine groups is 1. The number of aliphatic imine (C=N–C) groups is 1. The van der Waals surface area contributed by atoms with E-state index in [1.54, 1.807) is 7.05 Å². The largest absolute Gasteiger partial charge is 0.374 e. The predicted molar refractivity (Wildman–Crippen MR) is 109 cm³/mol. The molecule has 27 heavy (non-hydrogen) atoms. The first-order valence-electron chi connectivity index (χ1n) is 9.67. The molecular formula is C21H32N4O2. The summed E-state index contributed by atoms with van der Waals surface area (Å²) in [5.74, 6) is 1.70. The van der Waals surface area contributed by atoms with Gasteiger partial charge in [0.1, 0.15) is 5.76 Å². The second-order valence-corrected chi connectivity index (χ2v) is 6.69. The van der Waals surface area contributed by atoms with Gasteiger partial charge >= 0.3 is 0 Å². The molecule has 0 aliphatic rings. The Bertz CT molecular complexity index is 699. The lowest BCUT2D eigenvalue weighted by atomic mass is 10.1. The molecule has 0 spiro atoms.